The zero-order chi connectivity index (χ0) is 25.9. The summed E-state index contributed by atoms with van der Waals surface area (Å²) >= 11 is 0. The number of aromatic nitrogens is 2. The number of ether oxygens (including phenoxy) is 1. The molecule has 1 aromatic heterocycles. The summed E-state index contributed by atoms with van der Waals surface area (Å²) in [6.07, 6.45) is -3.47. The van der Waals surface area contributed by atoms with E-state index in [4.69, 9.17) is 10.5 Å². The van der Waals surface area contributed by atoms with Crippen LogP contribution in [0.5, 0.6) is 5.75 Å². The normalized spacial score (nSPS) is 13.1. The molecule has 0 aliphatic heterocycles. The lowest BCUT2D eigenvalue weighted by atomic mass is 10.0. The zero-order valence-corrected chi connectivity index (χ0v) is 19.3. The molecule has 0 bridgehead atoms. The van der Waals surface area contributed by atoms with Crippen LogP contribution in [0, 0.1) is 11.3 Å². The van der Waals surface area contributed by atoms with Crippen LogP contribution in [-0.4, -0.2) is 21.7 Å². The van der Waals surface area contributed by atoms with Gasteiger partial charge in [0, 0.05) is 5.56 Å². The quantitative estimate of drug-likeness (QED) is 0.321. The lowest BCUT2D eigenvalue weighted by Gasteiger charge is -2.18. The second kappa shape index (κ2) is 9.85. The first-order valence-electron chi connectivity index (χ1n) is 11.0. The Balaban J connectivity index is 1.64. The maximum Gasteiger partial charge on any atom is 0.420 e. The number of H-pyrrole nitrogens is 1. The third kappa shape index (κ3) is 5.25. The van der Waals surface area contributed by atoms with Gasteiger partial charge < -0.3 is 20.6 Å². The predicted octanol–water partition coefficient (Wildman–Crippen LogP) is 5.38. The maximum absolute atomic E-state index is 14.0. The molecular formula is C27H23F3N4O2. The number of hydrogen-bond acceptors (Lipinski definition) is 5. The molecule has 4 aromatic rings. The first-order valence-corrected chi connectivity index (χ1v) is 11.0. The van der Waals surface area contributed by atoms with Gasteiger partial charge in [-0.15, -0.1) is 0 Å². The van der Waals surface area contributed by atoms with E-state index >= 15 is 0 Å². The van der Waals surface area contributed by atoms with Crippen molar-refractivity contribution in [3.63, 3.8) is 0 Å². The van der Waals surface area contributed by atoms with Gasteiger partial charge >= 0.3 is 6.18 Å². The summed E-state index contributed by atoms with van der Waals surface area (Å²) in [5.41, 5.74) is 6.34. The average Bonchev–Trinajstić information content (AvgIpc) is 3.39. The minimum Gasteiger partial charge on any atom is -0.487 e. The molecule has 1 atom stereocenters. The van der Waals surface area contributed by atoms with E-state index in [1.807, 2.05) is 48.5 Å². The van der Waals surface area contributed by atoms with Crippen molar-refractivity contribution in [2.45, 2.75) is 25.2 Å². The fourth-order valence-corrected chi connectivity index (χ4v) is 3.65. The van der Waals surface area contributed by atoms with Crippen LogP contribution in [0.2, 0.25) is 0 Å². The Morgan fingerprint density at radius 2 is 1.69 bits per heavy atom. The summed E-state index contributed by atoms with van der Waals surface area (Å²) in [6, 6.07) is 21.0. The van der Waals surface area contributed by atoms with Gasteiger partial charge in [-0.05, 0) is 35.7 Å². The molecule has 0 aliphatic rings. The molecule has 36 heavy (non-hydrogen) atoms. The van der Waals surface area contributed by atoms with E-state index < -0.39 is 29.6 Å². The molecule has 0 saturated heterocycles. The number of alkyl halides is 3. The fourth-order valence-electron chi connectivity index (χ4n) is 3.65. The van der Waals surface area contributed by atoms with E-state index in [-0.39, 0.29) is 29.3 Å². The Morgan fingerprint density at radius 1 is 1.03 bits per heavy atom. The third-order valence-corrected chi connectivity index (χ3v) is 5.72. The average molecular weight is 493 g/mol. The Labute approximate surface area is 205 Å². The van der Waals surface area contributed by atoms with Gasteiger partial charge in [0.25, 0.3) is 0 Å². The first-order chi connectivity index (χ1) is 17.1. The van der Waals surface area contributed by atoms with Crippen LogP contribution in [0.1, 0.15) is 29.4 Å². The molecule has 9 heteroatoms. The topological polar surface area (TPSA) is 108 Å². The van der Waals surface area contributed by atoms with Gasteiger partial charge in [-0.1, -0.05) is 54.6 Å². The Kier molecular flexibility index (Phi) is 6.84. The van der Waals surface area contributed by atoms with Crippen molar-refractivity contribution in [1.82, 2.24) is 9.97 Å². The van der Waals surface area contributed by atoms with Gasteiger partial charge in [0.05, 0.1) is 35.2 Å². The van der Waals surface area contributed by atoms with Gasteiger partial charge in [0.15, 0.2) is 0 Å². The summed E-state index contributed by atoms with van der Waals surface area (Å²) in [4.78, 5) is 6.91. The fraction of sp³-hybridized carbons (Fsp3) is 0.185. The summed E-state index contributed by atoms with van der Waals surface area (Å²) in [5.74, 6) is -0.342. The summed E-state index contributed by atoms with van der Waals surface area (Å²) < 4.78 is 47.6. The second-order valence-corrected chi connectivity index (χ2v) is 8.58. The highest BCUT2D eigenvalue weighted by Gasteiger charge is 2.37. The summed E-state index contributed by atoms with van der Waals surface area (Å²) in [6.45, 7) is 0.958. The standard InChI is InChI=1S/C27H23F3N4O2/c1-26(32,16-35)25-33-14-23(34-25)20-11-21(13-31)24(22(12-20)27(28,29)30)36-15-17-7-9-19(10-8-17)18-5-3-2-4-6-18/h2-12,14,35H,15-16,32H2,1H3,(H,33,34)/t26-/m0/s1. The lowest BCUT2D eigenvalue weighted by Crippen LogP contribution is -2.38. The van der Waals surface area contributed by atoms with Crippen molar-refractivity contribution in [2.75, 3.05) is 6.61 Å². The number of rotatable bonds is 7. The van der Waals surface area contributed by atoms with E-state index in [0.29, 0.717) is 5.56 Å². The molecule has 0 spiro atoms. The molecule has 6 nitrogen and oxygen atoms in total. The molecular weight excluding hydrogens is 469 g/mol. The van der Waals surface area contributed by atoms with Crippen molar-refractivity contribution in [3.05, 3.63) is 95.4 Å². The lowest BCUT2D eigenvalue weighted by molar-refractivity contribution is -0.139. The smallest absolute Gasteiger partial charge is 0.420 e. The highest BCUT2D eigenvalue weighted by atomic mass is 19.4. The molecule has 0 aliphatic carbocycles. The monoisotopic (exact) mass is 492 g/mol. The van der Waals surface area contributed by atoms with Crippen LogP contribution in [-0.2, 0) is 18.3 Å². The number of aromatic amines is 1. The Hall–Kier alpha value is -4.13. The number of imidazole rings is 1. The summed E-state index contributed by atoms with van der Waals surface area (Å²) in [5, 5.41) is 19.1. The van der Waals surface area contributed by atoms with Gasteiger partial charge in [0.2, 0.25) is 0 Å². The van der Waals surface area contributed by atoms with Crippen LogP contribution in [0.25, 0.3) is 22.4 Å². The third-order valence-electron chi connectivity index (χ3n) is 5.72. The number of hydrogen-bond donors (Lipinski definition) is 3. The number of aliphatic hydroxyl groups is 1. The molecule has 0 radical (unpaired) electrons. The molecule has 3 aromatic carbocycles. The van der Waals surface area contributed by atoms with Crippen LogP contribution in [0.3, 0.4) is 0 Å². The van der Waals surface area contributed by atoms with Crippen LogP contribution in [0.15, 0.2) is 72.9 Å². The van der Waals surface area contributed by atoms with E-state index in [9.17, 15) is 23.5 Å². The first kappa shape index (κ1) is 25.0. The van der Waals surface area contributed by atoms with E-state index in [2.05, 4.69) is 9.97 Å². The predicted molar refractivity (Wildman–Crippen MR) is 129 cm³/mol. The van der Waals surface area contributed by atoms with E-state index in [0.717, 1.165) is 17.2 Å². The van der Waals surface area contributed by atoms with E-state index in [1.54, 1.807) is 12.1 Å². The second-order valence-electron chi connectivity index (χ2n) is 8.58. The van der Waals surface area contributed by atoms with Gasteiger partial charge in [-0.3, -0.25) is 0 Å². The van der Waals surface area contributed by atoms with E-state index in [1.165, 1.54) is 19.2 Å². The molecule has 4 N–H and O–H groups in total. The van der Waals surface area contributed by atoms with Gasteiger partial charge in [0.1, 0.15) is 24.3 Å². The Bertz CT molecular complexity index is 1390. The van der Waals surface area contributed by atoms with Crippen molar-refractivity contribution < 1.29 is 23.0 Å². The molecule has 0 saturated carbocycles. The molecule has 0 fully saturated rings. The largest absolute Gasteiger partial charge is 0.487 e. The Morgan fingerprint density at radius 3 is 2.31 bits per heavy atom. The molecule has 0 unspecified atom stereocenters. The van der Waals surface area contributed by atoms with Crippen LogP contribution in [0.4, 0.5) is 13.2 Å². The van der Waals surface area contributed by atoms with Crippen molar-refractivity contribution in [1.29, 1.82) is 5.26 Å². The number of benzene rings is 3. The number of nitrogens with zero attached hydrogens (tertiary/aromatic N) is 2. The van der Waals surface area contributed by atoms with Gasteiger partial charge in [-0.25, -0.2) is 4.98 Å². The van der Waals surface area contributed by atoms with Crippen molar-refractivity contribution in [3.8, 4) is 34.2 Å². The number of nitrogens with one attached hydrogen (secondary N) is 1. The van der Waals surface area contributed by atoms with Crippen molar-refractivity contribution >= 4 is 0 Å². The zero-order valence-electron chi connectivity index (χ0n) is 19.3. The molecule has 0 amide bonds. The highest BCUT2D eigenvalue weighted by Crippen LogP contribution is 2.41. The molecule has 4 rings (SSSR count). The van der Waals surface area contributed by atoms with Crippen LogP contribution < -0.4 is 10.5 Å². The van der Waals surface area contributed by atoms with Crippen LogP contribution >= 0.6 is 0 Å². The SMILES string of the molecule is C[C@](N)(CO)c1ncc(-c2cc(C#N)c(OCc3ccc(-c4ccccc4)cc3)c(C(F)(F)F)c2)[nH]1. The van der Waals surface area contributed by atoms with Gasteiger partial charge in [-0.2, -0.15) is 18.4 Å². The number of nitrogens with two attached hydrogens (primary N) is 1. The minimum absolute atomic E-state index is 0.0888. The number of halogens is 3. The molecule has 1 heterocycles. The highest BCUT2D eigenvalue weighted by molar-refractivity contribution is 5.67. The number of aliphatic hydroxyl groups excluding tert-OH is 1. The maximum atomic E-state index is 14.0. The number of nitriles is 1. The molecule has 184 valence electrons. The minimum atomic E-state index is -4.77. The van der Waals surface area contributed by atoms with Crippen molar-refractivity contribution in [2.24, 2.45) is 5.73 Å². The summed E-state index contributed by atoms with van der Waals surface area (Å²) in [7, 11) is 0.